The van der Waals surface area contributed by atoms with Crippen LogP contribution in [0.5, 0.6) is 0 Å². The molecule has 0 radical (unpaired) electrons. The number of thioether (sulfide) groups is 1. The maximum atomic E-state index is 13.4. The van der Waals surface area contributed by atoms with E-state index in [-0.39, 0.29) is 12.3 Å². The van der Waals surface area contributed by atoms with Crippen molar-refractivity contribution in [2.75, 3.05) is 17.7 Å². The molecule has 1 aromatic rings. The van der Waals surface area contributed by atoms with Crippen LogP contribution in [-0.2, 0) is 0 Å². The molecule has 18 heavy (non-hydrogen) atoms. The van der Waals surface area contributed by atoms with Gasteiger partial charge in [-0.2, -0.15) is 0 Å². The molecule has 0 aromatic heterocycles. The standard InChI is InChI=1S/C12H14F2N2OS/c1-2-12(6-17)7-18-11(16-12)15-10-4-3-8(13)5-9(10)14/h3-5,17H,2,6-7H2,1H3,(H,15,16). The van der Waals surface area contributed by atoms with Crippen molar-refractivity contribution < 1.29 is 13.9 Å². The SMILES string of the molecule is CCC1(CO)CSC(Nc2ccc(F)cc2F)=N1. The highest BCUT2D eigenvalue weighted by molar-refractivity contribution is 8.14. The third-order valence-electron chi connectivity index (χ3n) is 2.94. The van der Waals surface area contributed by atoms with E-state index in [9.17, 15) is 13.9 Å². The number of amidine groups is 1. The number of nitrogens with one attached hydrogen (secondary N) is 1. The van der Waals surface area contributed by atoms with Crippen LogP contribution in [0.25, 0.3) is 0 Å². The molecule has 0 spiro atoms. The molecule has 0 fully saturated rings. The van der Waals surface area contributed by atoms with Gasteiger partial charge in [-0.05, 0) is 18.6 Å². The second kappa shape index (κ2) is 5.24. The number of aliphatic hydroxyl groups is 1. The monoisotopic (exact) mass is 272 g/mol. The minimum absolute atomic E-state index is 0.0341. The zero-order chi connectivity index (χ0) is 13.2. The summed E-state index contributed by atoms with van der Waals surface area (Å²) in [5.74, 6) is -0.612. The van der Waals surface area contributed by atoms with Crippen LogP contribution in [0, 0.1) is 11.6 Å². The first kappa shape index (κ1) is 13.3. The molecule has 1 aliphatic heterocycles. The van der Waals surface area contributed by atoms with Crippen molar-refractivity contribution in [2.24, 2.45) is 4.99 Å². The van der Waals surface area contributed by atoms with Crippen LogP contribution in [0.1, 0.15) is 13.3 Å². The topological polar surface area (TPSA) is 44.6 Å². The van der Waals surface area contributed by atoms with Gasteiger partial charge in [0.05, 0.1) is 17.8 Å². The Hall–Kier alpha value is -1.14. The van der Waals surface area contributed by atoms with Crippen molar-refractivity contribution >= 4 is 22.6 Å². The average molecular weight is 272 g/mol. The van der Waals surface area contributed by atoms with Gasteiger partial charge in [-0.3, -0.25) is 4.99 Å². The van der Waals surface area contributed by atoms with Crippen molar-refractivity contribution in [3.63, 3.8) is 0 Å². The van der Waals surface area contributed by atoms with Crippen LogP contribution in [0.3, 0.4) is 0 Å². The summed E-state index contributed by atoms with van der Waals surface area (Å²) in [5, 5.41) is 12.7. The molecule has 2 N–H and O–H groups in total. The van der Waals surface area contributed by atoms with Crippen LogP contribution in [0.15, 0.2) is 23.2 Å². The van der Waals surface area contributed by atoms with Gasteiger partial charge in [-0.15, -0.1) is 0 Å². The number of rotatable bonds is 3. The van der Waals surface area contributed by atoms with Gasteiger partial charge in [-0.25, -0.2) is 8.78 Å². The summed E-state index contributed by atoms with van der Waals surface area (Å²) in [5.41, 5.74) is -0.295. The number of anilines is 1. The summed E-state index contributed by atoms with van der Waals surface area (Å²) < 4.78 is 26.2. The molecule has 98 valence electrons. The first-order valence-corrected chi connectivity index (χ1v) is 6.63. The lowest BCUT2D eigenvalue weighted by atomic mass is 10.0. The average Bonchev–Trinajstić information content (AvgIpc) is 2.77. The minimum Gasteiger partial charge on any atom is -0.394 e. The molecule has 1 aliphatic rings. The van der Waals surface area contributed by atoms with Crippen molar-refractivity contribution in [2.45, 2.75) is 18.9 Å². The molecule has 0 saturated heterocycles. The van der Waals surface area contributed by atoms with Gasteiger partial charge in [0.1, 0.15) is 11.6 Å². The Morgan fingerprint density at radius 2 is 2.28 bits per heavy atom. The number of hydrogen-bond acceptors (Lipinski definition) is 4. The Kier molecular flexibility index (Phi) is 3.87. The third-order valence-corrected chi connectivity index (χ3v) is 4.09. The number of aliphatic hydroxyl groups excluding tert-OH is 1. The highest BCUT2D eigenvalue weighted by Gasteiger charge is 2.33. The second-order valence-electron chi connectivity index (χ2n) is 4.19. The Labute approximate surface area is 108 Å². The van der Waals surface area contributed by atoms with E-state index in [1.807, 2.05) is 6.92 Å². The summed E-state index contributed by atoms with van der Waals surface area (Å²) in [6.07, 6.45) is 0.716. The molecule has 3 nitrogen and oxygen atoms in total. The van der Waals surface area contributed by atoms with E-state index in [2.05, 4.69) is 10.3 Å². The summed E-state index contributed by atoms with van der Waals surface area (Å²) in [6.45, 7) is 1.91. The molecule has 1 aromatic carbocycles. The van der Waals surface area contributed by atoms with E-state index >= 15 is 0 Å². The first-order valence-electron chi connectivity index (χ1n) is 5.64. The predicted molar refractivity (Wildman–Crippen MR) is 70.0 cm³/mol. The highest BCUT2D eigenvalue weighted by atomic mass is 32.2. The molecule has 6 heteroatoms. The lowest BCUT2D eigenvalue weighted by Crippen LogP contribution is -2.30. The zero-order valence-corrected chi connectivity index (χ0v) is 10.7. The van der Waals surface area contributed by atoms with Gasteiger partial charge in [-0.1, -0.05) is 18.7 Å². The van der Waals surface area contributed by atoms with E-state index in [1.165, 1.54) is 23.9 Å². The molecular formula is C12H14F2N2OS. The number of halogens is 2. The molecular weight excluding hydrogens is 258 g/mol. The molecule has 1 heterocycles. The summed E-state index contributed by atoms with van der Waals surface area (Å²) in [7, 11) is 0. The van der Waals surface area contributed by atoms with Crippen molar-refractivity contribution in [1.29, 1.82) is 0 Å². The van der Waals surface area contributed by atoms with E-state index in [0.29, 0.717) is 17.3 Å². The number of nitrogens with zero attached hydrogens (tertiary/aromatic N) is 1. The van der Waals surface area contributed by atoms with Gasteiger partial charge in [0.2, 0.25) is 0 Å². The quantitative estimate of drug-likeness (QED) is 0.889. The molecule has 1 unspecified atom stereocenters. The van der Waals surface area contributed by atoms with Gasteiger partial charge >= 0.3 is 0 Å². The summed E-state index contributed by atoms with van der Waals surface area (Å²) in [4.78, 5) is 4.37. The minimum atomic E-state index is -0.656. The van der Waals surface area contributed by atoms with Crippen LogP contribution >= 0.6 is 11.8 Å². The molecule has 1 atom stereocenters. The zero-order valence-electron chi connectivity index (χ0n) is 9.91. The maximum absolute atomic E-state index is 13.4. The van der Waals surface area contributed by atoms with Gasteiger partial charge < -0.3 is 10.4 Å². The van der Waals surface area contributed by atoms with E-state index < -0.39 is 17.2 Å². The Morgan fingerprint density at radius 1 is 1.50 bits per heavy atom. The maximum Gasteiger partial charge on any atom is 0.161 e. The highest BCUT2D eigenvalue weighted by Crippen LogP contribution is 2.31. The molecule has 0 bridgehead atoms. The van der Waals surface area contributed by atoms with E-state index in [4.69, 9.17) is 0 Å². The number of benzene rings is 1. The molecule has 2 rings (SSSR count). The van der Waals surface area contributed by atoms with E-state index in [1.54, 1.807) is 0 Å². The summed E-state index contributed by atoms with van der Waals surface area (Å²) >= 11 is 1.42. The Morgan fingerprint density at radius 3 is 2.83 bits per heavy atom. The van der Waals surface area contributed by atoms with Crippen LogP contribution in [-0.4, -0.2) is 28.2 Å². The van der Waals surface area contributed by atoms with Gasteiger partial charge in [0.25, 0.3) is 0 Å². The fraction of sp³-hybridized carbons (Fsp3) is 0.417. The van der Waals surface area contributed by atoms with Crippen LogP contribution < -0.4 is 5.32 Å². The summed E-state index contributed by atoms with van der Waals surface area (Å²) in [6, 6.07) is 3.34. The van der Waals surface area contributed by atoms with Gasteiger partial charge in [0, 0.05) is 11.8 Å². The lowest BCUT2D eigenvalue weighted by Gasteiger charge is -2.19. The molecule has 0 saturated carbocycles. The number of hydrogen-bond donors (Lipinski definition) is 2. The predicted octanol–water partition coefficient (Wildman–Crippen LogP) is 2.62. The lowest BCUT2D eigenvalue weighted by molar-refractivity contribution is 0.211. The second-order valence-corrected chi connectivity index (χ2v) is 5.15. The number of aliphatic imine (C=N–C) groups is 1. The Bertz CT molecular complexity index is 475. The van der Waals surface area contributed by atoms with Crippen molar-refractivity contribution in [1.82, 2.24) is 0 Å². The normalized spacial score (nSPS) is 23.0. The van der Waals surface area contributed by atoms with Crippen molar-refractivity contribution in [3.8, 4) is 0 Å². The molecule has 0 aliphatic carbocycles. The first-order chi connectivity index (χ1) is 8.58. The smallest absolute Gasteiger partial charge is 0.161 e. The largest absolute Gasteiger partial charge is 0.394 e. The Balaban J connectivity index is 2.15. The van der Waals surface area contributed by atoms with E-state index in [0.717, 1.165) is 6.07 Å². The van der Waals surface area contributed by atoms with Crippen LogP contribution in [0.2, 0.25) is 0 Å². The van der Waals surface area contributed by atoms with Crippen LogP contribution in [0.4, 0.5) is 14.5 Å². The van der Waals surface area contributed by atoms with Gasteiger partial charge in [0.15, 0.2) is 5.17 Å². The van der Waals surface area contributed by atoms with Crippen molar-refractivity contribution in [3.05, 3.63) is 29.8 Å². The fourth-order valence-corrected chi connectivity index (χ4v) is 2.83. The fourth-order valence-electron chi connectivity index (χ4n) is 1.63. The third kappa shape index (κ3) is 2.64. The molecule has 0 amide bonds.